The molecule has 0 atom stereocenters. The Bertz CT molecular complexity index is 258. The SMILES string of the molecule is CN(C)CCCNC(=O)N/C=C/C1CCCCC1. The molecule has 0 aromatic heterocycles. The minimum atomic E-state index is -0.0965. The molecule has 0 spiro atoms. The topological polar surface area (TPSA) is 44.4 Å². The molecule has 0 aromatic carbocycles. The van der Waals surface area contributed by atoms with E-state index in [1.54, 1.807) is 6.20 Å². The van der Waals surface area contributed by atoms with Crippen LogP contribution in [0.15, 0.2) is 12.3 Å². The second-order valence-corrected chi connectivity index (χ2v) is 5.31. The summed E-state index contributed by atoms with van der Waals surface area (Å²) in [6, 6.07) is -0.0965. The van der Waals surface area contributed by atoms with Crippen LogP contribution in [0.2, 0.25) is 0 Å². The fraction of sp³-hybridized carbons (Fsp3) is 0.786. The van der Waals surface area contributed by atoms with Crippen LogP contribution in [-0.2, 0) is 0 Å². The van der Waals surface area contributed by atoms with Crippen LogP contribution in [0, 0.1) is 5.92 Å². The van der Waals surface area contributed by atoms with Gasteiger partial charge in [-0.25, -0.2) is 4.79 Å². The maximum Gasteiger partial charge on any atom is 0.318 e. The van der Waals surface area contributed by atoms with Crippen LogP contribution in [0.1, 0.15) is 38.5 Å². The number of amides is 2. The number of allylic oxidation sites excluding steroid dienone is 1. The quantitative estimate of drug-likeness (QED) is 0.714. The average Bonchev–Trinajstić information content (AvgIpc) is 2.36. The van der Waals surface area contributed by atoms with Gasteiger partial charge in [0.15, 0.2) is 0 Å². The molecule has 2 amide bonds. The number of nitrogens with zero attached hydrogens (tertiary/aromatic N) is 1. The Labute approximate surface area is 111 Å². The highest BCUT2D eigenvalue weighted by Crippen LogP contribution is 2.24. The third kappa shape index (κ3) is 7.33. The van der Waals surface area contributed by atoms with E-state index in [-0.39, 0.29) is 6.03 Å². The molecule has 0 aliphatic heterocycles. The van der Waals surface area contributed by atoms with E-state index in [1.807, 2.05) is 14.1 Å². The number of carbonyl (C=O) groups is 1. The number of nitrogens with one attached hydrogen (secondary N) is 2. The smallest absolute Gasteiger partial charge is 0.318 e. The summed E-state index contributed by atoms with van der Waals surface area (Å²) >= 11 is 0. The van der Waals surface area contributed by atoms with E-state index in [0.29, 0.717) is 5.92 Å². The Morgan fingerprint density at radius 1 is 1.28 bits per heavy atom. The molecule has 4 nitrogen and oxygen atoms in total. The predicted molar refractivity (Wildman–Crippen MR) is 75.4 cm³/mol. The molecule has 1 rings (SSSR count). The van der Waals surface area contributed by atoms with Crippen molar-refractivity contribution in [2.45, 2.75) is 38.5 Å². The summed E-state index contributed by atoms with van der Waals surface area (Å²) in [5.41, 5.74) is 0. The van der Waals surface area contributed by atoms with Crippen molar-refractivity contribution >= 4 is 6.03 Å². The highest BCUT2D eigenvalue weighted by atomic mass is 16.2. The predicted octanol–water partition coefficient (Wildman–Crippen LogP) is 2.33. The largest absolute Gasteiger partial charge is 0.338 e. The summed E-state index contributed by atoms with van der Waals surface area (Å²) in [4.78, 5) is 13.6. The fourth-order valence-electron chi connectivity index (χ4n) is 2.23. The third-order valence-corrected chi connectivity index (χ3v) is 3.30. The summed E-state index contributed by atoms with van der Waals surface area (Å²) in [6.45, 7) is 1.72. The van der Waals surface area contributed by atoms with Gasteiger partial charge in [0.2, 0.25) is 0 Å². The van der Waals surface area contributed by atoms with Gasteiger partial charge in [-0.05, 0) is 45.8 Å². The van der Waals surface area contributed by atoms with Crippen molar-refractivity contribution in [2.24, 2.45) is 5.92 Å². The van der Waals surface area contributed by atoms with Gasteiger partial charge in [-0.3, -0.25) is 0 Å². The van der Waals surface area contributed by atoms with Gasteiger partial charge < -0.3 is 15.5 Å². The van der Waals surface area contributed by atoms with Crippen molar-refractivity contribution in [3.05, 3.63) is 12.3 Å². The van der Waals surface area contributed by atoms with Crippen molar-refractivity contribution in [1.82, 2.24) is 15.5 Å². The molecule has 0 unspecified atom stereocenters. The van der Waals surface area contributed by atoms with Crippen LogP contribution in [0.25, 0.3) is 0 Å². The summed E-state index contributed by atoms with van der Waals surface area (Å²) in [7, 11) is 4.07. The molecule has 0 saturated heterocycles. The third-order valence-electron chi connectivity index (χ3n) is 3.30. The molecule has 0 bridgehead atoms. The van der Waals surface area contributed by atoms with Gasteiger partial charge in [0, 0.05) is 12.7 Å². The first-order valence-electron chi connectivity index (χ1n) is 7.04. The van der Waals surface area contributed by atoms with Gasteiger partial charge in [-0.2, -0.15) is 0 Å². The van der Waals surface area contributed by atoms with Crippen molar-refractivity contribution in [1.29, 1.82) is 0 Å². The number of rotatable bonds is 6. The van der Waals surface area contributed by atoms with Gasteiger partial charge in [0.05, 0.1) is 0 Å². The highest BCUT2D eigenvalue weighted by molar-refractivity contribution is 5.74. The van der Waals surface area contributed by atoms with E-state index in [1.165, 1.54) is 32.1 Å². The maximum atomic E-state index is 11.4. The molecule has 4 heteroatoms. The lowest BCUT2D eigenvalue weighted by atomic mass is 9.89. The van der Waals surface area contributed by atoms with Gasteiger partial charge >= 0.3 is 6.03 Å². The highest BCUT2D eigenvalue weighted by Gasteiger charge is 2.09. The van der Waals surface area contributed by atoms with E-state index in [0.717, 1.165) is 19.5 Å². The molecular formula is C14H27N3O. The first-order chi connectivity index (χ1) is 8.68. The van der Waals surface area contributed by atoms with Crippen molar-refractivity contribution in [2.75, 3.05) is 27.2 Å². The molecule has 0 heterocycles. The second-order valence-electron chi connectivity index (χ2n) is 5.31. The zero-order valence-corrected chi connectivity index (χ0v) is 11.7. The van der Waals surface area contributed by atoms with E-state index < -0.39 is 0 Å². The molecule has 1 fully saturated rings. The fourth-order valence-corrected chi connectivity index (χ4v) is 2.23. The Balaban J connectivity index is 2.03. The lowest BCUT2D eigenvalue weighted by Gasteiger charge is -2.17. The summed E-state index contributed by atoms with van der Waals surface area (Å²) < 4.78 is 0. The monoisotopic (exact) mass is 253 g/mol. The van der Waals surface area contributed by atoms with Crippen molar-refractivity contribution in [3.8, 4) is 0 Å². The van der Waals surface area contributed by atoms with E-state index in [2.05, 4.69) is 21.6 Å². The van der Waals surface area contributed by atoms with E-state index >= 15 is 0 Å². The Hall–Kier alpha value is -1.03. The molecular weight excluding hydrogens is 226 g/mol. The van der Waals surface area contributed by atoms with Crippen LogP contribution in [0.3, 0.4) is 0 Å². The molecule has 1 aliphatic carbocycles. The second kappa shape index (κ2) is 8.97. The van der Waals surface area contributed by atoms with E-state index in [9.17, 15) is 4.79 Å². The van der Waals surface area contributed by atoms with Gasteiger partial charge in [-0.15, -0.1) is 0 Å². The summed E-state index contributed by atoms with van der Waals surface area (Å²) in [5.74, 6) is 0.660. The van der Waals surface area contributed by atoms with Crippen LogP contribution in [-0.4, -0.2) is 38.1 Å². The van der Waals surface area contributed by atoms with Crippen LogP contribution >= 0.6 is 0 Å². The molecule has 1 aliphatic rings. The van der Waals surface area contributed by atoms with Gasteiger partial charge in [-0.1, -0.05) is 25.3 Å². The van der Waals surface area contributed by atoms with Crippen molar-refractivity contribution < 1.29 is 4.79 Å². The van der Waals surface area contributed by atoms with E-state index in [4.69, 9.17) is 0 Å². The normalized spacial score (nSPS) is 17.3. The minimum Gasteiger partial charge on any atom is -0.338 e. The first-order valence-corrected chi connectivity index (χ1v) is 7.04. The van der Waals surface area contributed by atoms with Gasteiger partial charge in [0.1, 0.15) is 0 Å². The van der Waals surface area contributed by atoms with Crippen LogP contribution in [0.5, 0.6) is 0 Å². The molecule has 18 heavy (non-hydrogen) atoms. The lowest BCUT2D eigenvalue weighted by molar-refractivity contribution is 0.243. The average molecular weight is 253 g/mol. The summed E-state index contributed by atoms with van der Waals surface area (Å²) in [6.07, 6.45) is 11.5. The lowest BCUT2D eigenvalue weighted by Crippen LogP contribution is -2.34. The number of carbonyl (C=O) groups excluding carboxylic acids is 1. The maximum absolute atomic E-state index is 11.4. The molecule has 104 valence electrons. The number of hydrogen-bond acceptors (Lipinski definition) is 2. The standard InChI is InChI=1S/C14H27N3O/c1-17(2)12-6-10-15-14(18)16-11-9-13-7-4-3-5-8-13/h9,11,13H,3-8,10,12H2,1-2H3,(H2,15,16,18)/b11-9+. The van der Waals surface area contributed by atoms with Crippen LogP contribution in [0.4, 0.5) is 4.79 Å². The van der Waals surface area contributed by atoms with Crippen molar-refractivity contribution in [3.63, 3.8) is 0 Å². The molecule has 1 saturated carbocycles. The Morgan fingerprint density at radius 2 is 2.00 bits per heavy atom. The Kier molecular flexibility index (Phi) is 7.49. The molecule has 0 aromatic rings. The molecule has 2 N–H and O–H groups in total. The zero-order chi connectivity index (χ0) is 13.2. The van der Waals surface area contributed by atoms with Crippen LogP contribution < -0.4 is 10.6 Å². The minimum absolute atomic E-state index is 0.0965. The summed E-state index contributed by atoms with van der Waals surface area (Å²) in [5, 5.41) is 5.62. The zero-order valence-electron chi connectivity index (χ0n) is 11.7. The molecule has 0 radical (unpaired) electrons. The first kappa shape index (κ1) is 15.0. The Morgan fingerprint density at radius 3 is 2.67 bits per heavy atom. The number of urea groups is 1. The number of hydrogen-bond donors (Lipinski definition) is 2. The van der Waals surface area contributed by atoms with Gasteiger partial charge in [0.25, 0.3) is 0 Å².